The van der Waals surface area contributed by atoms with Gasteiger partial charge in [-0.3, -0.25) is 0 Å². The van der Waals surface area contributed by atoms with E-state index in [2.05, 4.69) is 13.5 Å². The molecule has 1 heteroatoms. The molecule has 0 amide bonds. The van der Waals surface area contributed by atoms with Crippen molar-refractivity contribution in [3.8, 4) is 0 Å². The van der Waals surface area contributed by atoms with Crippen molar-refractivity contribution in [2.75, 3.05) is 6.61 Å². The lowest BCUT2D eigenvalue weighted by atomic mass is 9.91. The maximum absolute atomic E-state index is 8.71. The lowest BCUT2D eigenvalue weighted by Crippen LogP contribution is -2.12. The number of aliphatic hydroxyl groups is 1. The van der Waals surface area contributed by atoms with Gasteiger partial charge in [0.25, 0.3) is 0 Å². The van der Waals surface area contributed by atoms with Gasteiger partial charge in [0, 0.05) is 6.61 Å². The highest BCUT2D eigenvalue weighted by Gasteiger charge is 2.10. The first-order valence-corrected chi connectivity index (χ1v) is 3.35. The molecule has 1 nitrogen and oxygen atoms in total. The summed E-state index contributed by atoms with van der Waals surface area (Å²) < 4.78 is 0. The molecule has 0 aromatic carbocycles. The van der Waals surface area contributed by atoms with E-state index >= 15 is 0 Å². The highest BCUT2D eigenvalue weighted by atomic mass is 16.3. The summed E-state index contributed by atoms with van der Waals surface area (Å²) >= 11 is 0. The molecule has 0 saturated carbocycles. The minimum atomic E-state index is 0.258. The van der Waals surface area contributed by atoms with Gasteiger partial charge in [0.1, 0.15) is 0 Å². The van der Waals surface area contributed by atoms with Crippen molar-refractivity contribution in [1.29, 1.82) is 0 Å². The maximum atomic E-state index is 8.71. The first-order chi connectivity index (χ1) is 4.09. The fraction of sp³-hybridized carbons (Fsp3) is 0.750. The average molecular weight is 128 g/mol. The number of aliphatic hydroxyl groups excluding tert-OH is 1. The molecule has 0 heterocycles. The van der Waals surface area contributed by atoms with Crippen LogP contribution in [0.25, 0.3) is 0 Å². The van der Waals surface area contributed by atoms with Crippen molar-refractivity contribution in [3.05, 3.63) is 12.2 Å². The van der Waals surface area contributed by atoms with E-state index in [-0.39, 0.29) is 6.61 Å². The Balaban J connectivity index is 3.72. The molecular weight excluding hydrogens is 112 g/mol. The Bertz CT molecular complexity index is 96.7. The molecule has 9 heavy (non-hydrogen) atoms. The second kappa shape index (κ2) is 3.67. The van der Waals surface area contributed by atoms with E-state index < -0.39 is 0 Å². The molecule has 2 unspecified atom stereocenters. The van der Waals surface area contributed by atoms with Gasteiger partial charge >= 0.3 is 0 Å². The minimum absolute atomic E-state index is 0.258. The molecule has 0 aromatic heterocycles. The highest BCUT2D eigenvalue weighted by Crippen LogP contribution is 2.16. The summed E-state index contributed by atoms with van der Waals surface area (Å²) in [4.78, 5) is 0. The lowest BCUT2D eigenvalue weighted by Gasteiger charge is -2.16. The molecule has 0 aliphatic rings. The number of allylic oxidation sites excluding steroid dienone is 1. The van der Waals surface area contributed by atoms with Crippen molar-refractivity contribution in [2.45, 2.75) is 20.8 Å². The van der Waals surface area contributed by atoms with Gasteiger partial charge in [0.05, 0.1) is 0 Å². The van der Waals surface area contributed by atoms with Crippen LogP contribution < -0.4 is 0 Å². The SMILES string of the molecule is C=C(C)C(C)C(C)CO. The Labute approximate surface area is 57.4 Å². The average Bonchev–Trinajstić information content (AvgIpc) is 1.84. The van der Waals surface area contributed by atoms with Gasteiger partial charge in [-0.25, -0.2) is 0 Å². The molecule has 0 spiro atoms. The van der Waals surface area contributed by atoms with Crippen LogP contribution in [-0.2, 0) is 0 Å². The maximum Gasteiger partial charge on any atom is 0.0462 e. The van der Waals surface area contributed by atoms with Gasteiger partial charge in [0.15, 0.2) is 0 Å². The number of hydrogen-bond acceptors (Lipinski definition) is 1. The quantitative estimate of drug-likeness (QED) is 0.575. The fourth-order valence-electron chi connectivity index (χ4n) is 0.644. The third kappa shape index (κ3) is 2.66. The van der Waals surface area contributed by atoms with Crippen molar-refractivity contribution < 1.29 is 5.11 Å². The third-order valence-electron chi connectivity index (χ3n) is 1.92. The highest BCUT2D eigenvalue weighted by molar-refractivity contribution is 4.95. The Morgan fingerprint density at radius 2 is 2.00 bits per heavy atom. The summed E-state index contributed by atoms with van der Waals surface area (Å²) in [5.74, 6) is 0.789. The Morgan fingerprint density at radius 3 is 2.11 bits per heavy atom. The molecule has 0 fully saturated rings. The molecule has 0 radical (unpaired) electrons. The number of hydrogen-bond donors (Lipinski definition) is 1. The minimum Gasteiger partial charge on any atom is -0.396 e. The third-order valence-corrected chi connectivity index (χ3v) is 1.92. The molecule has 0 aliphatic heterocycles. The van der Waals surface area contributed by atoms with Crippen LogP contribution in [0.2, 0.25) is 0 Å². The molecule has 0 aromatic rings. The van der Waals surface area contributed by atoms with E-state index in [1.165, 1.54) is 0 Å². The summed E-state index contributed by atoms with van der Waals surface area (Å²) in [6.07, 6.45) is 0. The summed E-state index contributed by atoms with van der Waals surface area (Å²) in [5, 5.41) is 8.71. The van der Waals surface area contributed by atoms with E-state index in [0.29, 0.717) is 11.8 Å². The molecular formula is C8H16O. The van der Waals surface area contributed by atoms with E-state index in [9.17, 15) is 0 Å². The van der Waals surface area contributed by atoms with Crippen LogP contribution in [0.1, 0.15) is 20.8 Å². The molecule has 0 bridgehead atoms. The van der Waals surface area contributed by atoms with Crippen LogP contribution in [0.3, 0.4) is 0 Å². The van der Waals surface area contributed by atoms with Crippen LogP contribution >= 0.6 is 0 Å². The Morgan fingerprint density at radius 1 is 1.56 bits per heavy atom. The smallest absolute Gasteiger partial charge is 0.0462 e. The predicted molar refractivity (Wildman–Crippen MR) is 40.2 cm³/mol. The van der Waals surface area contributed by atoms with Crippen LogP contribution in [-0.4, -0.2) is 11.7 Å². The van der Waals surface area contributed by atoms with Crippen molar-refractivity contribution in [3.63, 3.8) is 0 Å². The molecule has 1 N–H and O–H groups in total. The molecule has 0 rings (SSSR count). The van der Waals surface area contributed by atoms with Crippen LogP contribution in [0.5, 0.6) is 0 Å². The van der Waals surface area contributed by atoms with E-state index in [4.69, 9.17) is 5.11 Å². The summed E-state index contributed by atoms with van der Waals surface area (Å²) in [5.41, 5.74) is 1.15. The molecule has 0 aliphatic carbocycles. The lowest BCUT2D eigenvalue weighted by molar-refractivity contribution is 0.209. The largest absolute Gasteiger partial charge is 0.396 e. The van der Waals surface area contributed by atoms with E-state index in [1.54, 1.807) is 0 Å². The summed E-state index contributed by atoms with van der Waals surface area (Å²) in [6.45, 7) is 10.2. The molecule has 54 valence electrons. The normalized spacial score (nSPS) is 16.9. The monoisotopic (exact) mass is 128 g/mol. The predicted octanol–water partition coefficient (Wildman–Crippen LogP) is 1.83. The Kier molecular flexibility index (Phi) is 3.55. The first kappa shape index (κ1) is 8.70. The van der Waals surface area contributed by atoms with E-state index in [0.717, 1.165) is 5.57 Å². The number of rotatable bonds is 3. The first-order valence-electron chi connectivity index (χ1n) is 3.35. The zero-order chi connectivity index (χ0) is 7.44. The molecule has 0 saturated heterocycles. The van der Waals surface area contributed by atoms with Crippen LogP contribution in [0.15, 0.2) is 12.2 Å². The van der Waals surface area contributed by atoms with Gasteiger partial charge < -0.3 is 5.11 Å². The zero-order valence-electron chi connectivity index (χ0n) is 6.52. The van der Waals surface area contributed by atoms with Gasteiger partial charge in [-0.05, 0) is 18.8 Å². The topological polar surface area (TPSA) is 20.2 Å². The van der Waals surface area contributed by atoms with E-state index in [1.807, 2.05) is 13.8 Å². The standard InChI is InChI=1S/C8H16O/c1-6(2)8(4)7(3)5-9/h7-9H,1,5H2,2-4H3. The van der Waals surface area contributed by atoms with Gasteiger partial charge in [-0.1, -0.05) is 26.0 Å². The molecule has 2 atom stereocenters. The summed E-state index contributed by atoms with van der Waals surface area (Å²) in [7, 11) is 0. The van der Waals surface area contributed by atoms with Crippen LogP contribution in [0, 0.1) is 11.8 Å². The van der Waals surface area contributed by atoms with Gasteiger partial charge in [-0.15, -0.1) is 0 Å². The summed E-state index contributed by atoms with van der Waals surface area (Å²) in [6, 6.07) is 0. The Hall–Kier alpha value is -0.300. The van der Waals surface area contributed by atoms with Gasteiger partial charge in [0.2, 0.25) is 0 Å². The van der Waals surface area contributed by atoms with Gasteiger partial charge in [-0.2, -0.15) is 0 Å². The fourth-order valence-corrected chi connectivity index (χ4v) is 0.644. The van der Waals surface area contributed by atoms with Crippen molar-refractivity contribution >= 4 is 0 Å². The van der Waals surface area contributed by atoms with Crippen molar-refractivity contribution in [1.82, 2.24) is 0 Å². The second-order valence-corrected chi connectivity index (χ2v) is 2.79. The zero-order valence-corrected chi connectivity index (χ0v) is 6.52. The van der Waals surface area contributed by atoms with Crippen LogP contribution in [0.4, 0.5) is 0 Å². The second-order valence-electron chi connectivity index (χ2n) is 2.79. The van der Waals surface area contributed by atoms with Crippen molar-refractivity contribution in [2.24, 2.45) is 11.8 Å².